The molecule has 0 N–H and O–H groups in total. The number of thioether (sulfide) groups is 1. The summed E-state index contributed by atoms with van der Waals surface area (Å²) >= 11 is 1.82. The molecule has 1 aromatic heterocycles. The molecule has 1 aliphatic rings. The number of carbonyl (C=O) groups excluding carboxylic acids is 1. The van der Waals surface area contributed by atoms with Gasteiger partial charge >= 0.3 is 0 Å². The Hall–Kier alpha value is -1.82. The second-order valence-corrected chi connectivity index (χ2v) is 7.57. The fraction of sp³-hybridized carbons (Fsp3) is 0.471. The highest BCUT2D eigenvalue weighted by atomic mass is 32.2. The van der Waals surface area contributed by atoms with E-state index in [2.05, 4.69) is 23.2 Å². The molecule has 1 amide bonds. The largest absolute Gasteiger partial charge is 0.425 e. The van der Waals surface area contributed by atoms with Gasteiger partial charge in [0.2, 0.25) is 17.7 Å². The molecule has 2 aromatic rings. The van der Waals surface area contributed by atoms with E-state index in [4.69, 9.17) is 4.42 Å². The van der Waals surface area contributed by atoms with Gasteiger partial charge in [-0.1, -0.05) is 32.9 Å². The van der Waals surface area contributed by atoms with Crippen LogP contribution in [0.2, 0.25) is 0 Å². The van der Waals surface area contributed by atoms with Crippen molar-refractivity contribution in [1.82, 2.24) is 10.2 Å². The third-order valence-electron chi connectivity index (χ3n) is 3.75. The Morgan fingerprint density at radius 3 is 2.91 bits per heavy atom. The summed E-state index contributed by atoms with van der Waals surface area (Å²) < 4.78 is 5.58. The number of hydrogen-bond acceptors (Lipinski definition) is 5. The molecule has 5 nitrogen and oxygen atoms in total. The Kier molecular flexibility index (Phi) is 4.71. The number of aromatic nitrogens is 2. The maximum absolute atomic E-state index is 12.6. The molecular weight excluding hydrogens is 310 g/mol. The van der Waals surface area contributed by atoms with E-state index in [0.29, 0.717) is 29.9 Å². The molecule has 1 aromatic carbocycles. The minimum Gasteiger partial charge on any atom is -0.425 e. The molecule has 0 bridgehead atoms. The second-order valence-electron chi connectivity index (χ2n) is 6.09. The Morgan fingerprint density at radius 2 is 2.17 bits per heavy atom. The van der Waals surface area contributed by atoms with Crippen molar-refractivity contribution in [3.8, 4) is 0 Å². The van der Waals surface area contributed by atoms with E-state index >= 15 is 0 Å². The minimum absolute atomic E-state index is 0.105. The number of fused-ring (bicyclic) bond motifs is 1. The molecule has 0 aliphatic carbocycles. The van der Waals surface area contributed by atoms with Gasteiger partial charge in [0.15, 0.2) is 0 Å². The summed E-state index contributed by atoms with van der Waals surface area (Å²) in [4.78, 5) is 15.7. The highest BCUT2D eigenvalue weighted by Gasteiger charge is 2.26. The minimum atomic E-state index is 0.105. The van der Waals surface area contributed by atoms with Crippen molar-refractivity contribution in [1.29, 1.82) is 0 Å². The standard InChI is InChI=1S/C17H21N3O2S/c1-11(2)17-19-18-15(22-17)8-9-16(21)20-10-12(3)23-14-7-5-4-6-13(14)20/h4-7,11-12H,8-10H2,1-3H3/t12-/m1/s1. The molecule has 1 aliphatic heterocycles. The van der Waals surface area contributed by atoms with Gasteiger partial charge in [0.1, 0.15) is 0 Å². The summed E-state index contributed by atoms with van der Waals surface area (Å²) in [5.74, 6) is 1.48. The third kappa shape index (κ3) is 3.58. The lowest BCUT2D eigenvalue weighted by molar-refractivity contribution is -0.118. The first-order valence-corrected chi connectivity index (χ1v) is 8.81. The maximum atomic E-state index is 12.6. The number of amides is 1. The zero-order valence-corrected chi connectivity index (χ0v) is 14.5. The van der Waals surface area contributed by atoms with Crippen LogP contribution in [0.5, 0.6) is 0 Å². The number of para-hydroxylation sites is 1. The van der Waals surface area contributed by atoms with Crippen LogP contribution in [0, 0.1) is 0 Å². The van der Waals surface area contributed by atoms with Crippen molar-refractivity contribution < 1.29 is 9.21 Å². The van der Waals surface area contributed by atoms with E-state index < -0.39 is 0 Å². The van der Waals surface area contributed by atoms with Gasteiger partial charge in [-0.05, 0) is 12.1 Å². The SMILES string of the molecule is CC(C)c1nnc(CCC(=O)N2C[C@@H](C)Sc3ccccc32)o1. The summed E-state index contributed by atoms with van der Waals surface area (Å²) in [6.07, 6.45) is 0.865. The maximum Gasteiger partial charge on any atom is 0.227 e. The summed E-state index contributed by atoms with van der Waals surface area (Å²) in [5, 5.41) is 8.42. The predicted octanol–water partition coefficient (Wildman–Crippen LogP) is 3.65. The lowest BCUT2D eigenvalue weighted by Gasteiger charge is -2.32. The van der Waals surface area contributed by atoms with Crippen LogP contribution >= 0.6 is 11.8 Å². The van der Waals surface area contributed by atoms with E-state index in [9.17, 15) is 4.79 Å². The van der Waals surface area contributed by atoms with Gasteiger partial charge in [-0.25, -0.2) is 0 Å². The van der Waals surface area contributed by atoms with Crippen molar-refractivity contribution in [2.24, 2.45) is 0 Å². The second kappa shape index (κ2) is 6.74. The molecule has 23 heavy (non-hydrogen) atoms. The van der Waals surface area contributed by atoms with Crippen molar-refractivity contribution in [3.05, 3.63) is 36.0 Å². The summed E-state index contributed by atoms with van der Waals surface area (Å²) in [6, 6.07) is 8.07. The molecule has 3 rings (SSSR count). The first-order valence-electron chi connectivity index (χ1n) is 7.93. The number of nitrogens with zero attached hydrogens (tertiary/aromatic N) is 3. The zero-order valence-electron chi connectivity index (χ0n) is 13.7. The van der Waals surface area contributed by atoms with Crippen molar-refractivity contribution in [2.45, 2.75) is 49.7 Å². The lowest BCUT2D eigenvalue weighted by atomic mass is 10.2. The van der Waals surface area contributed by atoms with E-state index in [-0.39, 0.29) is 11.8 Å². The monoisotopic (exact) mass is 331 g/mol. The Morgan fingerprint density at radius 1 is 1.39 bits per heavy atom. The molecule has 0 fully saturated rings. The van der Waals surface area contributed by atoms with Crippen LogP contribution in [-0.4, -0.2) is 27.9 Å². The van der Waals surface area contributed by atoms with Gasteiger partial charge in [-0.2, -0.15) is 0 Å². The van der Waals surface area contributed by atoms with E-state index in [1.807, 2.05) is 48.7 Å². The molecule has 1 atom stereocenters. The summed E-state index contributed by atoms with van der Waals surface area (Å²) in [5.41, 5.74) is 1.01. The zero-order chi connectivity index (χ0) is 16.4. The van der Waals surface area contributed by atoms with Crippen molar-refractivity contribution >= 4 is 23.4 Å². The number of carbonyl (C=O) groups is 1. The lowest BCUT2D eigenvalue weighted by Crippen LogP contribution is -2.38. The van der Waals surface area contributed by atoms with Gasteiger partial charge in [-0.15, -0.1) is 22.0 Å². The van der Waals surface area contributed by atoms with Crippen molar-refractivity contribution in [2.75, 3.05) is 11.4 Å². The van der Waals surface area contributed by atoms with Gasteiger partial charge in [0.05, 0.1) is 5.69 Å². The number of aryl methyl sites for hydroxylation is 1. The van der Waals surface area contributed by atoms with Gasteiger partial charge in [0, 0.05) is 35.4 Å². The average Bonchev–Trinajstić information content (AvgIpc) is 3.01. The Bertz CT molecular complexity index is 699. The van der Waals surface area contributed by atoms with Gasteiger partial charge in [-0.3, -0.25) is 4.79 Å². The molecular formula is C17H21N3O2S. The van der Waals surface area contributed by atoms with Crippen LogP contribution in [0.15, 0.2) is 33.6 Å². The van der Waals surface area contributed by atoms with Gasteiger partial charge in [0.25, 0.3) is 0 Å². The van der Waals surface area contributed by atoms with Crippen molar-refractivity contribution in [3.63, 3.8) is 0 Å². The summed E-state index contributed by atoms with van der Waals surface area (Å²) in [7, 11) is 0. The molecule has 0 unspecified atom stereocenters. The van der Waals surface area contributed by atoms with Crippen LogP contribution in [0.3, 0.4) is 0 Å². The molecule has 122 valence electrons. The van der Waals surface area contributed by atoms with E-state index in [0.717, 1.165) is 12.2 Å². The smallest absolute Gasteiger partial charge is 0.227 e. The van der Waals surface area contributed by atoms with E-state index in [1.165, 1.54) is 4.90 Å². The molecule has 6 heteroatoms. The quantitative estimate of drug-likeness (QED) is 0.856. The third-order valence-corrected chi connectivity index (χ3v) is 4.90. The van der Waals surface area contributed by atoms with E-state index in [1.54, 1.807) is 0 Å². The van der Waals surface area contributed by atoms with Crippen LogP contribution in [0.25, 0.3) is 0 Å². The Balaban J connectivity index is 1.68. The number of rotatable bonds is 4. The molecule has 0 spiro atoms. The molecule has 0 saturated heterocycles. The number of benzene rings is 1. The normalized spacial score (nSPS) is 17.4. The van der Waals surface area contributed by atoms with Crippen LogP contribution < -0.4 is 4.90 Å². The highest BCUT2D eigenvalue weighted by Crippen LogP contribution is 2.38. The topological polar surface area (TPSA) is 59.2 Å². The van der Waals surface area contributed by atoms with Crippen LogP contribution in [-0.2, 0) is 11.2 Å². The first kappa shape index (κ1) is 16.1. The first-order chi connectivity index (χ1) is 11.0. The number of anilines is 1. The van der Waals surface area contributed by atoms with Crippen LogP contribution in [0.1, 0.15) is 44.9 Å². The fourth-order valence-electron chi connectivity index (χ4n) is 2.58. The van der Waals surface area contributed by atoms with Crippen LogP contribution in [0.4, 0.5) is 5.69 Å². The Labute approximate surface area is 140 Å². The fourth-order valence-corrected chi connectivity index (χ4v) is 3.69. The average molecular weight is 331 g/mol. The molecule has 2 heterocycles. The molecule has 0 saturated carbocycles. The van der Waals surface area contributed by atoms with Gasteiger partial charge < -0.3 is 9.32 Å². The molecule has 0 radical (unpaired) electrons. The highest BCUT2D eigenvalue weighted by molar-refractivity contribution is 8.00. The summed E-state index contributed by atoms with van der Waals surface area (Å²) in [6.45, 7) is 6.90. The predicted molar refractivity (Wildman–Crippen MR) is 90.8 cm³/mol. The number of hydrogen-bond donors (Lipinski definition) is 0.